The minimum Gasteiger partial charge on any atom is -0.433 e. The van der Waals surface area contributed by atoms with Gasteiger partial charge in [0.1, 0.15) is 0 Å². The summed E-state index contributed by atoms with van der Waals surface area (Å²) in [5, 5.41) is 11.9. The number of hydrogen-bond acceptors (Lipinski definition) is 3. The second-order valence-corrected chi connectivity index (χ2v) is 3.80. The van der Waals surface area contributed by atoms with Gasteiger partial charge in [0.15, 0.2) is 0 Å². The van der Waals surface area contributed by atoms with Crippen LogP contribution in [0.3, 0.4) is 0 Å². The fraction of sp³-hybridized carbons (Fsp3) is 0.143. The Hall–Kier alpha value is -0.425. The first-order valence-electron chi connectivity index (χ1n) is 3.59. The first-order chi connectivity index (χ1) is 5.59. The van der Waals surface area contributed by atoms with Gasteiger partial charge in [0.2, 0.25) is 0 Å². The molecule has 12 heavy (non-hydrogen) atoms. The molecule has 0 aliphatic carbocycles. The van der Waals surface area contributed by atoms with Gasteiger partial charge < -0.3 is 16.0 Å². The molecule has 0 heterocycles. The highest BCUT2D eigenvalue weighted by Crippen LogP contribution is 2.20. The lowest BCUT2D eigenvalue weighted by Crippen LogP contribution is -2.20. The van der Waals surface area contributed by atoms with E-state index < -0.39 is 7.05 Å². The summed E-state index contributed by atoms with van der Waals surface area (Å²) >= 11 is 2.19. The van der Waals surface area contributed by atoms with Gasteiger partial charge in [-0.15, -0.1) is 0 Å². The highest BCUT2D eigenvalue weighted by atomic mass is 127. The maximum atomic E-state index is 9.03. The number of benzene rings is 1. The number of hydrogen-bond donors (Lipinski definition) is 3. The molecule has 0 fully saturated rings. The van der Waals surface area contributed by atoms with Crippen molar-refractivity contribution in [2.24, 2.45) is 0 Å². The van der Waals surface area contributed by atoms with Crippen molar-refractivity contribution in [3.8, 4) is 0 Å². The summed E-state index contributed by atoms with van der Waals surface area (Å²) in [6.45, 7) is 1.65. The molecule has 64 valence electrons. The van der Waals surface area contributed by atoms with E-state index in [1.165, 1.54) is 0 Å². The molecule has 0 saturated carbocycles. The van der Waals surface area contributed by atoms with Crippen LogP contribution in [-0.4, -0.2) is 12.1 Å². The molecule has 0 radical (unpaired) electrons. The van der Waals surface area contributed by atoms with Crippen LogP contribution in [0.25, 0.3) is 0 Å². The van der Waals surface area contributed by atoms with Crippen LogP contribution < -0.4 is 11.0 Å². The normalized spacial score (nSPS) is 9.58. The Kier molecular flexibility index (Phi) is 3.22. The number of rotatable bonds is 2. The standard InChI is InChI=1S/C7H10BIN2O/c1-8(12)11-7-3-2-5(9)4-6(7)10/h2-4,11-12H,10H2,1H3. The number of nitrogens with one attached hydrogen (secondary N) is 1. The first kappa shape index (κ1) is 9.66. The molecular formula is C7H10BIN2O. The summed E-state index contributed by atoms with van der Waals surface area (Å²) in [7, 11) is -0.577. The third-order valence-electron chi connectivity index (χ3n) is 1.38. The van der Waals surface area contributed by atoms with E-state index in [4.69, 9.17) is 10.8 Å². The summed E-state index contributed by atoms with van der Waals surface area (Å²) in [5.41, 5.74) is 7.12. The number of nitrogens with two attached hydrogens (primary N) is 1. The van der Waals surface area contributed by atoms with Gasteiger partial charge in [-0.05, 0) is 47.6 Å². The molecule has 0 aromatic heterocycles. The zero-order valence-electron chi connectivity index (χ0n) is 6.71. The average Bonchev–Trinajstić information content (AvgIpc) is 1.94. The maximum Gasteiger partial charge on any atom is 0.406 e. The topological polar surface area (TPSA) is 58.3 Å². The van der Waals surface area contributed by atoms with E-state index in [-0.39, 0.29) is 0 Å². The van der Waals surface area contributed by atoms with Gasteiger partial charge in [0.05, 0.1) is 5.69 Å². The molecule has 0 saturated heterocycles. The van der Waals surface area contributed by atoms with Crippen molar-refractivity contribution in [2.45, 2.75) is 6.82 Å². The molecule has 0 atom stereocenters. The minimum absolute atomic E-state index is 0.577. The fourth-order valence-electron chi connectivity index (χ4n) is 0.890. The zero-order chi connectivity index (χ0) is 9.14. The SMILES string of the molecule is CB(O)Nc1ccc(I)cc1N. The Balaban J connectivity index is 2.86. The van der Waals surface area contributed by atoms with E-state index in [2.05, 4.69) is 27.8 Å². The van der Waals surface area contributed by atoms with Crippen LogP contribution in [0.1, 0.15) is 0 Å². The maximum absolute atomic E-state index is 9.03. The molecule has 0 bridgehead atoms. The minimum atomic E-state index is -0.577. The molecule has 1 rings (SSSR count). The van der Waals surface area contributed by atoms with E-state index in [9.17, 15) is 0 Å². The third kappa shape index (κ3) is 2.56. The molecule has 1 aromatic carbocycles. The van der Waals surface area contributed by atoms with Crippen molar-refractivity contribution >= 4 is 41.0 Å². The highest BCUT2D eigenvalue weighted by molar-refractivity contribution is 14.1. The van der Waals surface area contributed by atoms with E-state index >= 15 is 0 Å². The van der Waals surface area contributed by atoms with Crippen LogP contribution in [0.15, 0.2) is 18.2 Å². The monoisotopic (exact) mass is 276 g/mol. The second kappa shape index (κ2) is 4.00. The molecule has 0 aliphatic rings. The zero-order valence-corrected chi connectivity index (χ0v) is 8.87. The molecule has 3 nitrogen and oxygen atoms in total. The van der Waals surface area contributed by atoms with Gasteiger partial charge in [0.25, 0.3) is 0 Å². The van der Waals surface area contributed by atoms with E-state index in [1.807, 2.05) is 18.2 Å². The summed E-state index contributed by atoms with van der Waals surface area (Å²) in [6.07, 6.45) is 0. The smallest absolute Gasteiger partial charge is 0.406 e. The summed E-state index contributed by atoms with van der Waals surface area (Å²) in [4.78, 5) is 0. The van der Waals surface area contributed by atoms with Crippen molar-refractivity contribution in [2.75, 3.05) is 11.0 Å². The van der Waals surface area contributed by atoms with Crippen LogP contribution in [0.4, 0.5) is 11.4 Å². The van der Waals surface area contributed by atoms with Gasteiger partial charge in [-0.25, -0.2) is 0 Å². The van der Waals surface area contributed by atoms with Crippen LogP contribution in [0.2, 0.25) is 6.82 Å². The Bertz CT molecular complexity index is 280. The number of halogens is 1. The molecule has 5 heteroatoms. The van der Waals surface area contributed by atoms with Gasteiger partial charge >= 0.3 is 7.05 Å². The molecular weight excluding hydrogens is 266 g/mol. The van der Waals surface area contributed by atoms with Gasteiger partial charge in [0, 0.05) is 9.26 Å². The van der Waals surface area contributed by atoms with Crippen molar-refractivity contribution in [1.82, 2.24) is 0 Å². The Morgan fingerprint density at radius 1 is 1.58 bits per heavy atom. The Labute approximate surface area is 85.6 Å². The lowest BCUT2D eigenvalue weighted by Gasteiger charge is -2.08. The highest BCUT2D eigenvalue weighted by Gasteiger charge is 2.05. The summed E-state index contributed by atoms with van der Waals surface area (Å²) in [5.74, 6) is 0. The van der Waals surface area contributed by atoms with Gasteiger partial charge in [-0.2, -0.15) is 0 Å². The van der Waals surface area contributed by atoms with Gasteiger partial charge in [-0.3, -0.25) is 0 Å². The molecule has 1 aromatic rings. The second-order valence-electron chi connectivity index (χ2n) is 2.55. The molecule has 0 spiro atoms. The average molecular weight is 276 g/mol. The van der Waals surface area contributed by atoms with Crippen LogP contribution in [0.5, 0.6) is 0 Å². The summed E-state index contributed by atoms with van der Waals surface area (Å²) < 4.78 is 1.08. The quantitative estimate of drug-likeness (QED) is 0.434. The Morgan fingerprint density at radius 3 is 2.75 bits per heavy atom. The van der Waals surface area contributed by atoms with Gasteiger partial charge in [-0.1, -0.05) is 0 Å². The van der Waals surface area contributed by atoms with E-state index in [0.717, 1.165) is 9.26 Å². The lowest BCUT2D eigenvalue weighted by atomic mass is 9.88. The summed E-state index contributed by atoms with van der Waals surface area (Å²) in [6, 6.07) is 5.64. The fourth-order valence-corrected chi connectivity index (χ4v) is 1.41. The largest absolute Gasteiger partial charge is 0.433 e. The molecule has 0 amide bonds. The van der Waals surface area contributed by atoms with Crippen molar-refractivity contribution in [3.05, 3.63) is 21.8 Å². The molecule has 0 aliphatic heterocycles. The van der Waals surface area contributed by atoms with Crippen LogP contribution in [0, 0.1) is 3.57 Å². The van der Waals surface area contributed by atoms with Crippen molar-refractivity contribution in [1.29, 1.82) is 0 Å². The lowest BCUT2D eigenvalue weighted by molar-refractivity contribution is 0.587. The number of anilines is 2. The number of nitrogen functional groups attached to an aromatic ring is 1. The van der Waals surface area contributed by atoms with E-state index in [1.54, 1.807) is 6.82 Å². The predicted octanol–water partition coefficient (Wildman–Crippen LogP) is 1.40. The third-order valence-corrected chi connectivity index (χ3v) is 2.05. The van der Waals surface area contributed by atoms with Crippen LogP contribution >= 0.6 is 22.6 Å². The van der Waals surface area contributed by atoms with E-state index in [0.29, 0.717) is 5.69 Å². The first-order valence-corrected chi connectivity index (χ1v) is 4.67. The van der Waals surface area contributed by atoms with Crippen molar-refractivity contribution < 1.29 is 5.02 Å². The Morgan fingerprint density at radius 2 is 2.25 bits per heavy atom. The van der Waals surface area contributed by atoms with Crippen molar-refractivity contribution in [3.63, 3.8) is 0 Å². The molecule has 0 unspecified atom stereocenters. The van der Waals surface area contributed by atoms with Crippen LogP contribution in [-0.2, 0) is 0 Å². The molecule has 4 N–H and O–H groups in total. The predicted molar refractivity (Wildman–Crippen MR) is 61.0 cm³/mol.